The highest BCUT2D eigenvalue weighted by atomic mass is 16.2. The number of amides is 1. The van der Waals surface area contributed by atoms with E-state index in [1.165, 1.54) is 0 Å². The summed E-state index contributed by atoms with van der Waals surface area (Å²) >= 11 is 0. The number of hydrogen-bond donors (Lipinski definition) is 2. The van der Waals surface area contributed by atoms with Crippen molar-refractivity contribution in [2.75, 3.05) is 0 Å². The average molecular weight is 496 g/mol. The zero-order valence-corrected chi connectivity index (χ0v) is 20.6. The van der Waals surface area contributed by atoms with E-state index < -0.39 is 16.2 Å². The van der Waals surface area contributed by atoms with E-state index in [2.05, 4.69) is 33.5 Å². The smallest absolute Gasteiger partial charge is 0.274 e. The summed E-state index contributed by atoms with van der Waals surface area (Å²) in [6, 6.07) is 22.8. The Morgan fingerprint density at radius 2 is 1.95 bits per heavy atom. The highest BCUT2D eigenvalue weighted by Crippen LogP contribution is 2.82. The van der Waals surface area contributed by atoms with Crippen LogP contribution in [0.1, 0.15) is 47.2 Å². The molecule has 1 saturated carbocycles. The summed E-state index contributed by atoms with van der Waals surface area (Å²) < 4.78 is 0. The average Bonchev–Trinajstić information content (AvgIpc) is 3.47. The van der Waals surface area contributed by atoms with Crippen LogP contribution in [-0.4, -0.2) is 21.8 Å². The molecule has 2 aromatic heterocycles. The molecular weight excluding hydrogens is 472 g/mol. The first-order valence-corrected chi connectivity index (χ1v) is 12.8. The predicted octanol–water partition coefficient (Wildman–Crippen LogP) is 3.25. The fourth-order valence-electron chi connectivity index (χ4n) is 7.89. The molecule has 182 valence electrons. The van der Waals surface area contributed by atoms with Gasteiger partial charge in [0.1, 0.15) is 17.3 Å². The Kier molecular flexibility index (Phi) is 3.95. The Bertz CT molecular complexity index is 1830. The van der Waals surface area contributed by atoms with E-state index in [4.69, 9.17) is 4.99 Å². The molecule has 4 aliphatic rings. The molecule has 2 aromatic carbocycles. The number of hydrogen-bond acceptors (Lipinski definition) is 5. The van der Waals surface area contributed by atoms with Gasteiger partial charge in [-0.25, -0.2) is 0 Å². The third kappa shape index (κ3) is 2.24. The molecule has 1 aliphatic heterocycles. The van der Waals surface area contributed by atoms with Crippen LogP contribution in [0.5, 0.6) is 0 Å². The number of fused-ring (bicyclic) bond motifs is 6. The zero-order valence-electron chi connectivity index (χ0n) is 20.6. The van der Waals surface area contributed by atoms with E-state index in [1.807, 2.05) is 73.2 Å². The minimum atomic E-state index is -0.806. The SMILES string of the molecule is CC1(C(=O)NC2=NC(c3cccc4cnccc34)=C[NH2+]2)CC23c4cccnc4C2(C#N)c2ccccc2C13. The standard InChI is InChI=1S/C31H22N6O/c1-29(27(38)37-28-35-15-24(36-28)20-8-4-6-18-14-33-13-11-19(18)20)16-30-23-10-5-12-34-26(23)31(30,17-32)22-9-3-2-7-21(22)25(29)30/h2-15,25H,16H2,1H3,(H2,35,36,37,38)/p+1. The van der Waals surface area contributed by atoms with Gasteiger partial charge in [0, 0.05) is 40.9 Å². The molecule has 0 saturated heterocycles. The number of aliphatic imine (C=N–C) groups is 1. The van der Waals surface area contributed by atoms with E-state index in [0.29, 0.717) is 12.4 Å². The number of pyridine rings is 2. The number of guanidine groups is 1. The van der Waals surface area contributed by atoms with Crippen molar-refractivity contribution in [3.8, 4) is 6.07 Å². The fourth-order valence-corrected chi connectivity index (χ4v) is 7.89. The number of nitriles is 1. The Labute approximate surface area is 219 Å². The minimum Gasteiger partial charge on any atom is -0.274 e. The topological polar surface area (TPSA) is 108 Å². The molecule has 3 heterocycles. The number of carbonyl (C=O) groups is 1. The Hall–Kier alpha value is -4.67. The van der Waals surface area contributed by atoms with Crippen LogP contribution in [0.3, 0.4) is 0 Å². The first kappa shape index (κ1) is 21.4. The van der Waals surface area contributed by atoms with Gasteiger partial charge in [-0.3, -0.25) is 25.4 Å². The van der Waals surface area contributed by atoms with Crippen LogP contribution in [0, 0.1) is 16.7 Å². The van der Waals surface area contributed by atoms with Crippen LogP contribution in [-0.2, 0) is 15.6 Å². The van der Waals surface area contributed by atoms with Crippen molar-refractivity contribution in [1.82, 2.24) is 15.3 Å². The van der Waals surface area contributed by atoms with Crippen molar-refractivity contribution in [3.63, 3.8) is 0 Å². The summed E-state index contributed by atoms with van der Waals surface area (Å²) in [5.74, 6) is 0.357. The van der Waals surface area contributed by atoms with Gasteiger partial charge in [0.25, 0.3) is 0 Å². The lowest BCUT2D eigenvalue weighted by molar-refractivity contribution is -0.461. The molecule has 3 N–H and O–H groups in total. The molecule has 1 amide bonds. The number of aromatic nitrogens is 2. The number of nitrogens with two attached hydrogens (primary N) is 1. The number of nitrogens with one attached hydrogen (secondary N) is 1. The molecule has 1 spiro atoms. The van der Waals surface area contributed by atoms with Crippen molar-refractivity contribution in [3.05, 3.63) is 113 Å². The third-order valence-corrected chi connectivity index (χ3v) is 9.29. The minimum absolute atomic E-state index is 0.0687. The Balaban J connectivity index is 1.14. The van der Waals surface area contributed by atoms with Gasteiger partial charge in [0.05, 0.1) is 17.2 Å². The maximum Gasteiger partial charge on any atom is 0.311 e. The van der Waals surface area contributed by atoms with Gasteiger partial charge in [-0.15, -0.1) is 0 Å². The van der Waals surface area contributed by atoms with Gasteiger partial charge in [0.15, 0.2) is 0 Å². The highest BCUT2D eigenvalue weighted by molar-refractivity contribution is 6.03. The highest BCUT2D eigenvalue weighted by Gasteiger charge is 2.83. The number of rotatable bonds is 2. The summed E-state index contributed by atoms with van der Waals surface area (Å²) in [5, 5.41) is 17.7. The number of benzene rings is 2. The van der Waals surface area contributed by atoms with Crippen molar-refractivity contribution in [2.45, 2.75) is 30.1 Å². The van der Waals surface area contributed by atoms with Gasteiger partial charge < -0.3 is 0 Å². The Morgan fingerprint density at radius 3 is 2.84 bits per heavy atom. The fraction of sp³-hybridized carbons (Fsp3) is 0.194. The second kappa shape index (κ2) is 7.00. The molecule has 7 heteroatoms. The predicted molar refractivity (Wildman–Crippen MR) is 141 cm³/mol. The quantitative estimate of drug-likeness (QED) is 0.445. The summed E-state index contributed by atoms with van der Waals surface area (Å²) in [4.78, 5) is 27.6. The summed E-state index contributed by atoms with van der Waals surface area (Å²) in [6.45, 7) is 2.03. The van der Waals surface area contributed by atoms with Gasteiger partial charge >= 0.3 is 5.96 Å². The number of quaternary nitrogens is 1. The van der Waals surface area contributed by atoms with E-state index in [9.17, 15) is 10.1 Å². The molecule has 0 radical (unpaired) electrons. The second-order valence-electron chi connectivity index (χ2n) is 10.9. The molecule has 4 unspecified atom stereocenters. The van der Waals surface area contributed by atoms with Crippen LogP contribution < -0.4 is 10.6 Å². The van der Waals surface area contributed by atoms with Crippen molar-refractivity contribution >= 4 is 28.3 Å². The third-order valence-electron chi connectivity index (χ3n) is 9.29. The zero-order chi connectivity index (χ0) is 25.7. The molecule has 3 aliphatic carbocycles. The summed E-state index contributed by atoms with van der Waals surface area (Å²) in [6.07, 6.45) is 7.90. The van der Waals surface area contributed by atoms with Gasteiger partial charge in [-0.05, 0) is 40.6 Å². The number of carbonyl (C=O) groups excluding carboxylic acids is 1. The molecule has 4 aromatic rings. The molecular formula is C31H23N6O+. The maximum atomic E-state index is 13.9. The largest absolute Gasteiger partial charge is 0.311 e. The Morgan fingerprint density at radius 1 is 1.08 bits per heavy atom. The van der Waals surface area contributed by atoms with Crippen LogP contribution >= 0.6 is 0 Å². The number of nitrogens with zero attached hydrogens (tertiary/aromatic N) is 4. The van der Waals surface area contributed by atoms with Crippen LogP contribution in [0.25, 0.3) is 16.5 Å². The van der Waals surface area contributed by atoms with Crippen molar-refractivity contribution in [2.24, 2.45) is 10.4 Å². The van der Waals surface area contributed by atoms with Gasteiger partial charge in [0.2, 0.25) is 5.91 Å². The summed E-state index contributed by atoms with van der Waals surface area (Å²) in [7, 11) is 0. The first-order valence-electron chi connectivity index (χ1n) is 12.8. The molecule has 0 bridgehead atoms. The van der Waals surface area contributed by atoms with Gasteiger partial charge in [-0.1, -0.05) is 55.5 Å². The molecule has 4 atom stereocenters. The van der Waals surface area contributed by atoms with E-state index in [0.717, 1.165) is 44.4 Å². The normalized spacial score (nSPS) is 29.4. The van der Waals surface area contributed by atoms with Crippen molar-refractivity contribution < 1.29 is 10.1 Å². The van der Waals surface area contributed by atoms with E-state index in [-0.39, 0.29) is 11.8 Å². The van der Waals surface area contributed by atoms with E-state index >= 15 is 0 Å². The molecule has 7 nitrogen and oxygen atoms in total. The van der Waals surface area contributed by atoms with Crippen molar-refractivity contribution in [1.29, 1.82) is 5.26 Å². The van der Waals surface area contributed by atoms with Gasteiger partial charge in [-0.2, -0.15) is 10.3 Å². The lowest BCUT2D eigenvalue weighted by Crippen LogP contribution is -2.86. The monoisotopic (exact) mass is 495 g/mol. The second-order valence-corrected chi connectivity index (χ2v) is 10.9. The lowest BCUT2D eigenvalue weighted by atomic mass is 9.33. The summed E-state index contributed by atoms with van der Waals surface area (Å²) in [5.41, 5.74) is 3.90. The molecule has 8 rings (SSSR count). The lowest BCUT2D eigenvalue weighted by Gasteiger charge is -2.67. The first-order chi connectivity index (χ1) is 18.5. The molecule has 38 heavy (non-hydrogen) atoms. The van der Waals surface area contributed by atoms with Crippen LogP contribution in [0.4, 0.5) is 0 Å². The van der Waals surface area contributed by atoms with Crippen LogP contribution in [0.2, 0.25) is 0 Å². The molecule has 1 fully saturated rings. The van der Waals surface area contributed by atoms with Crippen LogP contribution in [0.15, 0.2) is 90.4 Å². The van der Waals surface area contributed by atoms with E-state index in [1.54, 1.807) is 12.4 Å². The maximum absolute atomic E-state index is 13.9.